The molecule has 0 spiro atoms. The lowest BCUT2D eigenvalue weighted by atomic mass is 9.78. The first-order valence-electron chi connectivity index (χ1n) is 8.02. The molecule has 1 aromatic rings. The molecular weight excluding hydrogens is 246 g/mol. The molecule has 2 heteroatoms. The average molecular weight is 275 g/mol. The highest BCUT2D eigenvalue weighted by atomic mass is 16.3. The second-order valence-corrected chi connectivity index (χ2v) is 6.88. The first-order chi connectivity index (χ1) is 9.49. The van der Waals surface area contributed by atoms with Gasteiger partial charge in [-0.05, 0) is 62.2 Å². The van der Waals surface area contributed by atoms with Crippen LogP contribution in [0.5, 0.6) is 0 Å². The average Bonchev–Trinajstić information content (AvgIpc) is 2.33. The Morgan fingerprint density at radius 1 is 1.35 bits per heavy atom. The van der Waals surface area contributed by atoms with Gasteiger partial charge in [0, 0.05) is 0 Å². The van der Waals surface area contributed by atoms with Gasteiger partial charge in [0.15, 0.2) is 0 Å². The largest absolute Gasteiger partial charge is 0.385 e. The van der Waals surface area contributed by atoms with Gasteiger partial charge in [-0.1, -0.05) is 44.5 Å². The van der Waals surface area contributed by atoms with Gasteiger partial charge in [0.25, 0.3) is 0 Å². The molecule has 1 aliphatic carbocycles. The zero-order valence-corrected chi connectivity index (χ0v) is 13.2. The summed E-state index contributed by atoms with van der Waals surface area (Å²) in [7, 11) is 0. The molecule has 2 nitrogen and oxygen atoms in total. The van der Waals surface area contributed by atoms with Crippen molar-refractivity contribution < 1.29 is 5.11 Å². The van der Waals surface area contributed by atoms with Gasteiger partial charge < -0.3 is 10.4 Å². The molecular formula is C18H29NO. The van der Waals surface area contributed by atoms with Crippen molar-refractivity contribution in [2.24, 2.45) is 5.92 Å². The monoisotopic (exact) mass is 275 g/mol. The molecule has 0 radical (unpaired) electrons. The molecule has 2 rings (SSSR count). The summed E-state index contributed by atoms with van der Waals surface area (Å²) in [5, 5.41) is 14.1. The van der Waals surface area contributed by atoms with Crippen molar-refractivity contribution in [3.05, 3.63) is 35.4 Å². The maximum absolute atomic E-state index is 10.7. The van der Waals surface area contributed by atoms with Crippen LogP contribution in [-0.4, -0.2) is 18.2 Å². The van der Waals surface area contributed by atoms with Crippen LogP contribution in [0.1, 0.15) is 63.5 Å². The van der Waals surface area contributed by atoms with E-state index in [2.05, 4.69) is 43.4 Å². The van der Waals surface area contributed by atoms with Gasteiger partial charge in [-0.2, -0.15) is 0 Å². The first-order valence-corrected chi connectivity index (χ1v) is 8.02. The lowest BCUT2D eigenvalue weighted by Gasteiger charge is -2.29. The summed E-state index contributed by atoms with van der Waals surface area (Å²) < 4.78 is 0. The van der Waals surface area contributed by atoms with Gasteiger partial charge in [0.2, 0.25) is 0 Å². The molecule has 0 aromatic heterocycles. The standard InChI is InChI=1S/C18H29NO/c1-14(2)13-19-11-10-18(3,20)17-9-5-8-16(12-17)15-6-4-7-15/h5,8-9,12,14-15,19-20H,4,6-7,10-11,13H2,1-3H3. The Labute approximate surface area is 123 Å². The third-order valence-corrected chi connectivity index (χ3v) is 4.43. The predicted molar refractivity (Wildman–Crippen MR) is 84.9 cm³/mol. The third-order valence-electron chi connectivity index (χ3n) is 4.43. The van der Waals surface area contributed by atoms with Crippen LogP contribution in [0.2, 0.25) is 0 Å². The quantitative estimate of drug-likeness (QED) is 0.742. The minimum atomic E-state index is -0.732. The predicted octanol–water partition coefficient (Wildman–Crippen LogP) is 3.80. The molecule has 0 amide bonds. The Balaban J connectivity index is 1.93. The second-order valence-electron chi connectivity index (χ2n) is 6.88. The smallest absolute Gasteiger partial charge is 0.0880 e. The van der Waals surface area contributed by atoms with Crippen LogP contribution >= 0.6 is 0 Å². The van der Waals surface area contributed by atoms with E-state index in [1.807, 2.05) is 6.92 Å². The highest BCUT2D eigenvalue weighted by Crippen LogP contribution is 2.37. The zero-order valence-electron chi connectivity index (χ0n) is 13.2. The van der Waals surface area contributed by atoms with Crippen LogP contribution in [-0.2, 0) is 5.60 Å². The molecule has 1 unspecified atom stereocenters. The van der Waals surface area contributed by atoms with Gasteiger partial charge in [0.05, 0.1) is 5.60 Å². The van der Waals surface area contributed by atoms with Gasteiger partial charge in [0.1, 0.15) is 0 Å². The molecule has 2 N–H and O–H groups in total. The van der Waals surface area contributed by atoms with E-state index >= 15 is 0 Å². The van der Waals surface area contributed by atoms with Crippen molar-refractivity contribution in [1.82, 2.24) is 5.32 Å². The fourth-order valence-corrected chi connectivity index (χ4v) is 2.74. The number of hydrogen-bond acceptors (Lipinski definition) is 2. The van der Waals surface area contributed by atoms with Crippen molar-refractivity contribution in [1.29, 1.82) is 0 Å². The van der Waals surface area contributed by atoms with Crippen molar-refractivity contribution in [3.8, 4) is 0 Å². The molecule has 0 heterocycles. The van der Waals surface area contributed by atoms with Crippen LogP contribution < -0.4 is 5.32 Å². The minimum absolute atomic E-state index is 0.655. The Morgan fingerprint density at radius 3 is 2.70 bits per heavy atom. The molecule has 0 saturated heterocycles. The lowest BCUT2D eigenvalue weighted by Crippen LogP contribution is -2.29. The fourth-order valence-electron chi connectivity index (χ4n) is 2.74. The number of hydrogen-bond donors (Lipinski definition) is 2. The van der Waals surface area contributed by atoms with Crippen molar-refractivity contribution in [2.45, 2.75) is 58.0 Å². The van der Waals surface area contributed by atoms with E-state index in [0.29, 0.717) is 5.92 Å². The zero-order chi connectivity index (χ0) is 14.6. The Kier molecular flexibility index (Phi) is 5.22. The van der Waals surface area contributed by atoms with Gasteiger partial charge in [-0.25, -0.2) is 0 Å². The molecule has 1 atom stereocenters. The van der Waals surface area contributed by atoms with Crippen LogP contribution in [0.25, 0.3) is 0 Å². The SMILES string of the molecule is CC(C)CNCCC(C)(O)c1cccc(C2CCC2)c1. The molecule has 112 valence electrons. The number of nitrogens with one attached hydrogen (secondary N) is 1. The van der Waals surface area contributed by atoms with E-state index in [1.165, 1.54) is 24.8 Å². The summed E-state index contributed by atoms with van der Waals surface area (Å²) in [6, 6.07) is 8.58. The summed E-state index contributed by atoms with van der Waals surface area (Å²) in [5.41, 5.74) is 1.74. The lowest BCUT2D eigenvalue weighted by molar-refractivity contribution is 0.0477. The van der Waals surface area contributed by atoms with E-state index in [1.54, 1.807) is 0 Å². The Hall–Kier alpha value is -0.860. The Morgan fingerprint density at radius 2 is 2.10 bits per heavy atom. The van der Waals surface area contributed by atoms with E-state index in [0.717, 1.165) is 31.0 Å². The molecule has 1 aromatic carbocycles. The van der Waals surface area contributed by atoms with Crippen LogP contribution in [0.3, 0.4) is 0 Å². The molecule has 1 saturated carbocycles. The first kappa shape index (κ1) is 15.5. The van der Waals surface area contributed by atoms with Crippen LogP contribution in [0.15, 0.2) is 24.3 Å². The second kappa shape index (κ2) is 6.73. The number of aliphatic hydroxyl groups is 1. The van der Waals surface area contributed by atoms with Crippen molar-refractivity contribution in [2.75, 3.05) is 13.1 Å². The summed E-state index contributed by atoms with van der Waals surface area (Å²) >= 11 is 0. The van der Waals surface area contributed by atoms with E-state index in [4.69, 9.17) is 0 Å². The maximum atomic E-state index is 10.7. The molecule has 20 heavy (non-hydrogen) atoms. The maximum Gasteiger partial charge on any atom is 0.0880 e. The number of benzene rings is 1. The highest BCUT2D eigenvalue weighted by Gasteiger charge is 2.25. The van der Waals surface area contributed by atoms with Crippen molar-refractivity contribution in [3.63, 3.8) is 0 Å². The van der Waals surface area contributed by atoms with E-state index in [9.17, 15) is 5.11 Å². The molecule has 0 bridgehead atoms. The molecule has 1 fully saturated rings. The molecule has 1 aliphatic rings. The van der Waals surface area contributed by atoms with Gasteiger partial charge in [-0.3, -0.25) is 0 Å². The Bertz CT molecular complexity index is 421. The van der Waals surface area contributed by atoms with E-state index < -0.39 is 5.60 Å². The fraction of sp³-hybridized carbons (Fsp3) is 0.667. The topological polar surface area (TPSA) is 32.3 Å². The van der Waals surface area contributed by atoms with Crippen LogP contribution in [0.4, 0.5) is 0 Å². The highest BCUT2D eigenvalue weighted by molar-refractivity contribution is 5.31. The van der Waals surface area contributed by atoms with Crippen LogP contribution in [0, 0.1) is 5.92 Å². The summed E-state index contributed by atoms with van der Waals surface area (Å²) in [6.07, 6.45) is 4.72. The summed E-state index contributed by atoms with van der Waals surface area (Å²) in [6.45, 7) is 8.21. The summed E-state index contributed by atoms with van der Waals surface area (Å²) in [4.78, 5) is 0. The van der Waals surface area contributed by atoms with Gasteiger partial charge >= 0.3 is 0 Å². The van der Waals surface area contributed by atoms with Gasteiger partial charge in [-0.15, -0.1) is 0 Å². The summed E-state index contributed by atoms with van der Waals surface area (Å²) in [5.74, 6) is 1.38. The third kappa shape index (κ3) is 4.07. The number of rotatable bonds is 7. The normalized spacial score (nSPS) is 18.9. The minimum Gasteiger partial charge on any atom is -0.385 e. The van der Waals surface area contributed by atoms with Crippen molar-refractivity contribution >= 4 is 0 Å². The van der Waals surface area contributed by atoms with E-state index in [-0.39, 0.29) is 0 Å². The molecule has 0 aliphatic heterocycles.